The third kappa shape index (κ3) is 10.7. The van der Waals surface area contributed by atoms with E-state index in [9.17, 15) is 14.0 Å². The van der Waals surface area contributed by atoms with E-state index in [0.29, 0.717) is 44.2 Å². The average molecular weight is 515 g/mol. The Hall–Kier alpha value is -3.29. The molecule has 2 atom stereocenters. The molecule has 2 aromatic rings. The Balaban J connectivity index is 1.92. The van der Waals surface area contributed by atoms with Gasteiger partial charge in [-0.3, -0.25) is 9.59 Å². The lowest BCUT2D eigenvalue weighted by Gasteiger charge is -2.20. The molecule has 0 aliphatic carbocycles. The van der Waals surface area contributed by atoms with Gasteiger partial charge in [0.25, 0.3) is 0 Å². The second-order valence-electron chi connectivity index (χ2n) is 9.29. The zero-order valence-electron chi connectivity index (χ0n) is 22.7. The van der Waals surface area contributed by atoms with Gasteiger partial charge in [0.1, 0.15) is 6.04 Å². The summed E-state index contributed by atoms with van der Waals surface area (Å²) >= 11 is 0. The Bertz CT molecular complexity index is 991. The van der Waals surface area contributed by atoms with Gasteiger partial charge in [0.2, 0.25) is 11.8 Å². The Kier molecular flexibility index (Phi) is 13.3. The summed E-state index contributed by atoms with van der Waals surface area (Å²) in [5.41, 5.74) is 1.79. The Morgan fingerprint density at radius 2 is 1.86 bits per heavy atom. The van der Waals surface area contributed by atoms with Crippen molar-refractivity contribution in [1.82, 2.24) is 20.5 Å². The van der Waals surface area contributed by atoms with Crippen molar-refractivity contribution < 1.29 is 18.7 Å². The first-order valence-corrected chi connectivity index (χ1v) is 13.4. The molecular weight excluding hydrogens is 471 g/mol. The number of hydrogen-bond acceptors (Lipinski definition) is 4. The van der Waals surface area contributed by atoms with Gasteiger partial charge in [-0.15, -0.1) is 0 Å². The third-order valence-electron chi connectivity index (χ3n) is 6.20. The van der Waals surface area contributed by atoms with Crippen molar-refractivity contribution in [2.45, 2.75) is 72.4 Å². The normalized spacial score (nSPS) is 13.1. The molecule has 0 spiro atoms. The lowest BCUT2D eigenvalue weighted by Crippen LogP contribution is -2.51. The van der Waals surface area contributed by atoms with E-state index in [1.54, 1.807) is 6.07 Å². The van der Waals surface area contributed by atoms with Crippen molar-refractivity contribution >= 4 is 11.8 Å². The maximum absolute atomic E-state index is 14.4. The van der Waals surface area contributed by atoms with Gasteiger partial charge >= 0.3 is 0 Å². The molecule has 0 saturated carbocycles. The molecule has 204 valence electrons. The van der Waals surface area contributed by atoms with E-state index in [1.165, 1.54) is 6.07 Å². The molecule has 1 heterocycles. The number of para-hydroxylation sites is 1. The van der Waals surface area contributed by atoms with Crippen molar-refractivity contribution in [2.24, 2.45) is 5.92 Å². The van der Waals surface area contributed by atoms with Crippen molar-refractivity contribution in [3.63, 3.8) is 0 Å². The summed E-state index contributed by atoms with van der Waals surface area (Å²) in [5, 5.41) is 8.92. The van der Waals surface area contributed by atoms with Crippen molar-refractivity contribution in [3.8, 4) is 5.75 Å². The first kappa shape index (κ1) is 29.9. The van der Waals surface area contributed by atoms with Crippen molar-refractivity contribution in [3.05, 3.63) is 65.9 Å². The summed E-state index contributed by atoms with van der Waals surface area (Å²) in [6.07, 6.45) is 9.60. The molecule has 2 rings (SSSR count). The second-order valence-corrected chi connectivity index (χ2v) is 9.29. The maximum Gasteiger partial charge on any atom is 0.244 e. The lowest BCUT2D eigenvalue weighted by molar-refractivity contribution is -0.128. The van der Waals surface area contributed by atoms with Crippen LogP contribution < -0.4 is 20.7 Å². The van der Waals surface area contributed by atoms with Gasteiger partial charge in [-0.2, -0.15) is 0 Å². The van der Waals surface area contributed by atoms with Gasteiger partial charge in [0, 0.05) is 24.6 Å². The summed E-state index contributed by atoms with van der Waals surface area (Å²) in [4.78, 5) is 25.6. The topological polar surface area (TPSA) is 84.4 Å². The molecule has 0 fully saturated rings. The number of carbonyl (C=O) groups excluding carboxylic acids is 2. The van der Waals surface area contributed by atoms with Crippen LogP contribution in [0.3, 0.4) is 0 Å². The Morgan fingerprint density at radius 1 is 1.11 bits per heavy atom. The molecule has 0 bridgehead atoms. The van der Waals surface area contributed by atoms with Gasteiger partial charge < -0.3 is 25.3 Å². The van der Waals surface area contributed by atoms with Gasteiger partial charge in [-0.1, -0.05) is 52.3 Å². The minimum Gasteiger partial charge on any atom is -0.490 e. The molecule has 1 aromatic heterocycles. The summed E-state index contributed by atoms with van der Waals surface area (Å²) in [6, 6.07) is 7.97. The number of aryl methyl sites for hydroxylation is 1. The van der Waals surface area contributed by atoms with E-state index in [1.807, 2.05) is 49.0 Å². The van der Waals surface area contributed by atoms with E-state index >= 15 is 0 Å². The van der Waals surface area contributed by atoms with Crippen LogP contribution in [0.4, 0.5) is 4.39 Å². The van der Waals surface area contributed by atoms with Gasteiger partial charge in [0.15, 0.2) is 11.6 Å². The number of hydrogen-bond donors (Lipinski definition) is 3. The Morgan fingerprint density at radius 3 is 2.54 bits per heavy atom. The molecule has 3 N–H and O–H groups in total. The highest BCUT2D eigenvalue weighted by Crippen LogP contribution is 2.24. The molecule has 1 unspecified atom stereocenters. The van der Waals surface area contributed by atoms with Gasteiger partial charge in [0.05, 0.1) is 19.7 Å². The van der Waals surface area contributed by atoms with E-state index < -0.39 is 6.04 Å². The number of aromatic nitrogens is 1. The number of allylic oxidation sites excluding steroid dienone is 2. The first-order valence-electron chi connectivity index (χ1n) is 13.4. The number of nitrogens with one attached hydrogen (secondary N) is 3. The van der Waals surface area contributed by atoms with Crippen LogP contribution in [0.1, 0.15) is 58.9 Å². The van der Waals surface area contributed by atoms with Crippen molar-refractivity contribution in [1.29, 1.82) is 0 Å². The molecule has 37 heavy (non-hydrogen) atoms. The van der Waals surface area contributed by atoms with Crippen LogP contribution in [-0.2, 0) is 22.6 Å². The summed E-state index contributed by atoms with van der Waals surface area (Å²) in [7, 11) is 0. The zero-order chi connectivity index (χ0) is 27.0. The van der Waals surface area contributed by atoms with Crippen LogP contribution in [0.2, 0.25) is 0 Å². The minimum absolute atomic E-state index is 0.105. The van der Waals surface area contributed by atoms with E-state index in [-0.39, 0.29) is 24.2 Å². The number of rotatable bonds is 17. The largest absolute Gasteiger partial charge is 0.490 e. The fourth-order valence-electron chi connectivity index (χ4n) is 3.79. The van der Waals surface area contributed by atoms with Crippen LogP contribution in [0.25, 0.3) is 0 Å². The second kappa shape index (κ2) is 16.5. The average Bonchev–Trinajstić information content (AvgIpc) is 3.41. The van der Waals surface area contributed by atoms with Crippen LogP contribution in [0, 0.1) is 11.7 Å². The van der Waals surface area contributed by atoms with Crippen LogP contribution >= 0.6 is 0 Å². The number of amides is 2. The Labute approximate surface area is 220 Å². The molecule has 0 aliphatic heterocycles. The minimum atomic E-state index is -0.717. The van der Waals surface area contributed by atoms with Gasteiger partial charge in [-0.25, -0.2) is 4.39 Å². The fraction of sp³-hybridized carbons (Fsp3) is 0.517. The molecule has 2 amide bonds. The van der Waals surface area contributed by atoms with E-state index in [2.05, 4.69) is 35.9 Å². The molecule has 7 nitrogen and oxygen atoms in total. The zero-order valence-corrected chi connectivity index (χ0v) is 22.7. The summed E-state index contributed by atoms with van der Waals surface area (Å²) in [5.74, 6) is -0.235. The standard InChI is InChI=1S/C29H43FN4O3/c1-5-12-24(7-3)32-19-27(35)33-26(20-34-17-8-9-18-34)29(36)31-16-11-14-23-13-10-15-25(30)28(23)37-21-22(4)6-2/h8-10,12-13,15,17-18,22,26,32H,5-7,11,14,16,19-21H2,1-4H3,(H,31,36)(H,33,35)/b24-12+/t22-,26?/m1/s1. The first-order chi connectivity index (χ1) is 17.9. The fourth-order valence-corrected chi connectivity index (χ4v) is 3.79. The number of nitrogens with zero attached hydrogens (tertiary/aromatic N) is 1. The van der Waals surface area contributed by atoms with Crippen LogP contribution in [-0.4, -0.2) is 42.1 Å². The highest BCUT2D eigenvalue weighted by molar-refractivity contribution is 5.88. The molecule has 0 aliphatic rings. The highest BCUT2D eigenvalue weighted by atomic mass is 19.1. The van der Waals surface area contributed by atoms with E-state index in [0.717, 1.165) is 30.5 Å². The van der Waals surface area contributed by atoms with Crippen molar-refractivity contribution in [2.75, 3.05) is 19.7 Å². The number of halogens is 1. The predicted molar refractivity (Wildman–Crippen MR) is 146 cm³/mol. The van der Waals surface area contributed by atoms with E-state index in [4.69, 9.17) is 4.74 Å². The quantitative estimate of drug-likeness (QED) is 0.270. The maximum atomic E-state index is 14.4. The molecule has 0 radical (unpaired) electrons. The summed E-state index contributed by atoms with van der Waals surface area (Å²) in [6.45, 7) is 9.51. The SMILES string of the molecule is CC/C=C(\CC)NCC(=O)NC(Cn1cccc1)C(=O)NCCCc1cccc(F)c1OC[C@H](C)CC. The third-order valence-corrected chi connectivity index (χ3v) is 6.20. The number of ether oxygens (including phenoxy) is 1. The molecular formula is C29H43FN4O3. The van der Waals surface area contributed by atoms with Crippen LogP contribution in [0.15, 0.2) is 54.5 Å². The van der Waals surface area contributed by atoms with Gasteiger partial charge in [-0.05, 0) is 55.4 Å². The predicted octanol–water partition coefficient (Wildman–Crippen LogP) is 4.58. The van der Waals surface area contributed by atoms with Crippen LogP contribution in [0.5, 0.6) is 5.75 Å². The lowest BCUT2D eigenvalue weighted by atomic mass is 10.1. The monoisotopic (exact) mass is 514 g/mol. The number of carbonyl (C=O) groups is 2. The smallest absolute Gasteiger partial charge is 0.244 e. The highest BCUT2D eigenvalue weighted by Gasteiger charge is 2.21. The molecule has 8 heteroatoms. The molecule has 1 aromatic carbocycles. The summed E-state index contributed by atoms with van der Waals surface area (Å²) < 4.78 is 22.0. The molecule has 0 saturated heterocycles. The number of benzene rings is 1.